The van der Waals surface area contributed by atoms with Crippen LogP contribution in [0.5, 0.6) is 0 Å². The molecule has 2 aliphatic rings. The van der Waals surface area contributed by atoms with Gasteiger partial charge in [-0.15, -0.1) is 0 Å². The standard InChI is InChI=1S/C25H26F3N3O3/c1-16(2)21(31-22(32)19-5-3-4-6-20(19)23(31)33)24(34)30-13-11-29(12-14-30)15-17-7-9-18(10-8-17)25(26,27)28/h3-10,16,21H,11-15H2,1-2H3/t21-/m0/s1. The Morgan fingerprint density at radius 2 is 1.41 bits per heavy atom. The van der Waals surface area contributed by atoms with E-state index >= 15 is 0 Å². The molecule has 0 unspecified atom stereocenters. The smallest absolute Gasteiger partial charge is 0.338 e. The molecule has 2 aromatic carbocycles. The number of piperazine rings is 1. The van der Waals surface area contributed by atoms with Crippen molar-refractivity contribution in [3.05, 3.63) is 70.8 Å². The van der Waals surface area contributed by atoms with Crippen molar-refractivity contribution in [1.82, 2.24) is 14.7 Å². The number of alkyl halides is 3. The zero-order valence-electron chi connectivity index (χ0n) is 19.0. The average molecular weight is 473 g/mol. The Balaban J connectivity index is 1.40. The molecule has 0 radical (unpaired) electrons. The molecule has 2 aromatic rings. The highest BCUT2D eigenvalue weighted by atomic mass is 19.4. The van der Waals surface area contributed by atoms with Gasteiger partial charge in [-0.05, 0) is 35.7 Å². The van der Waals surface area contributed by atoms with E-state index in [4.69, 9.17) is 0 Å². The molecule has 34 heavy (non-hydrogen) atoms. The van der Waals surface area contributed by atoms with Crippen LogP contribution in [0.3, 0.4) is 0 Å². The fraction of sp³-hybridized carbons (Fsp3) is 0.400. The summed E-state index contributed by atoms with van der Waals surface area (Å²) in [6, 6.07) is 10.8. The van der Waals surface area contributed by atoms with E-state index in [9.17, 15) is 27.6 Å². The second kappa shape index (κ2) is 9.21. The molecule has 0 bridgehead atoms. The van der Waals surface area contributed by atoms with Crippen LogP contribution in [0, 0.1) is 5.92 Å². The molecule has 180 valence electrons. The molecule has 0 aromatic heterocycles. The highest BCUT2D eigenvalue weighted by Crippen LogP contribution is 2.30. The Hall–Kier alpha value is -3.20. The number of nitrogens with zero attached hydrogens (tertiary/aromatic N) is 3. The van der Waals surface area contributed by atoms with Gasteiger partial charge < -0.3 is 4.90 Å². The maximum Gasteiger partial charge on any atom is 0.416 e. The predicted molar refractivity (Wildman–Crippen MR) is 119 cm³/mol. The second-order valence-electron chi connectivity index (χ2n) is 9.01. The molecule has 2 aliphatic heterocycles. The Morgan fingerprint density at radius 3 is 1.88 bits per heavy atom. The summed E-state index contributed by atoms with van der Waals surface area (Å²) >= 11 is 0. The van der Waals surface area contributed by atoms with E-state index in [1.807, 2.05) is 13.8 Å². The van der Waals surface area contributed by atoms with Gasteiger partial charge in [0, 0.05) is 32.7 Å². The number of hydrogen-bond donors (Lipinski definition) is 0. The van der Waals surface area contributed by atoms with Crippen LogP contribution in [-0.2, 0) is 17.5 Å². The monoisotopic (exact) mass is 473 g/mol. The first-order chi connectivity index (χ1) is 16.1. The number of fused-ring (bicyclic) bond motifs is 1. The van der Waals surface area contributed by atoms with Crippen molar-refractivity contribution >= 4 is 17.7 Å². The van der Waals surface area contributed by atoms with Crippen molar-refractivity contribution in [2.75, 3.05) is 26.2 Å². The minimum atomic E-state index is -4.36. The second-order valence-corrected chi connectivity index (χ2v) is 9.01. The third-order valence-electron chi connectivity index (χ3n) is 6.36. The molecule has 2 heterocycles. The zero-order chi connectivity index (χ0) is 24.6. The molecule has 3 amide bonds. The van der Waals surface area contributed by atoms with E-state index in [0.717, 1.165) is 22.6 Å². The molecule has 0 aliphatic carbocycles. The Bertz CT molecular complexity index is 1060. The van der Waals surface area contributed by atoms with Gasteiger partial charge in [-0.3, -0.25) is 24.2 Å². The summed E-state index contributed by atoms with van der Waals surface area (Å²) in [5, 5.41) is 0. The Kier molecular flexibility index (Phi) is 6.49. The average Bonchev–Trinajstić information content (AvgIpc) is 3.05. The number of amides is 3. The predicted octanol–water partition coefficient (Wildman–Crippen LogP) is 3.67. The van der Waals surface area contributed by atoms with Crippen LogP contribution in [-0.4, -0.2) is 64.6 Å². The number of carbonyl (C=O) groups excluding carboxylic acids is 3. The first-order valence-corrected chi connectivity index (χ1v) is 11.2. The maximum absolute atomic E-state index is 13.4. The summed E-state index contributed by atoms with van der Waals surface area (Å²) < 4.78 is 38.3. The van der Waals surface area contributed by atoms with E-state index in [0.29, 0.717) is 43.9 Å². The van der Waals surface area contributed by atoms with E-state index in [1.54, 1.807) is 29.2 Å². The number of hydrogen-bond acceptors (Lipinski definition) is 4. The van der Waals surface area contributed by atoms with Crippen molar-refractivity contribution in [1.29, 1.82) is 0 Å². The van der Waals surface area contributed by atoms with Gasteiger partial charge in [-0.1, -0.05) is 38.1 Å². The molecule has 4 rings (SSSR count). The lowest BCUT2D eigenvalue weighted by atomic mass is 10.0. The third-order valence-corrected chi connectivity index (χ3v) is 6.36. The van der Waals surface area contributed by atoms with E-state index < -0.39 is 29.6 Å². The van der Waals surface area contributed by atoms with Crippen molar-refractivity contribution in [3.63, 3.8) is 0 Å². The summed E-state index contributed by atoms with van der Waals surface area (Å²) in [6.45, 7) is 6.00. The van der Waals surface area contributed by atoms with Crippen molar-refractivity contribution in [2.45, 2.75) is 32.6 Å². The number of halogens is 3. The minimum absolute atomic E-state index is 0.264. The van der Waals surface area contributed by atoms with Crippen molar-refractivity contribution < 1.29 is 27.6 Å². The Morgan fingerprint density at radius 1 is 0.882 bits per heavy atom. The summed E-state index contributed by atoms with van der Waals surface area (Å²) in [7, 11) is 0. The van der Waals surface area contributed by atoms with Gasteiger partial charge in [0.2, 0.25) is 5.91 Å². The van der Waals surface area contributed by atoms with Gasteiger partial charge in [-0.2, -0.15) is 13.2 Å². The lowest BCUT2D eigenvalue weighted by molar-refractivity contribution is -0.139. The van der Waals surface area contributed by atoms with Gasteiger partial charge in [0.25, 0.3) is 11.8 Å². The van der Waals surface area contributed by atoms with Crippen LogP contribution in [0.1, 0.15) is 45.7 Å². The molecule has 0 N–H and O–H groups in total. The maximum atomic E-state index is 13.4. The minimum Gasteiger partial charge on any atom is -0.338 e. The summed E-state index contributed by atoms with van der Waals surface area (Å²) in [4.78, 5) is 44.1. The molecule has 0 spiro atoms. The molecule has 1 atom stereocenters. The SMILES string of the molecule is CC(C)[C@@H](C(=O)N1CCN(Cc2ccc(C(F)(F)F)cc2)CC1)N1C(=O)c2ccccc2C1=O. The largest absolute Gasteiger partial charge is 0.416 e. The molecular weight excluding hydrogens is 447 g/mol. The normalized spacial score (nSPS) is 17.9. The number of benzene rings is 2. The van der Waals surface area contributed by atoms with E-state index in [1.165, 1.54) is 12.1 Å². The lowest BCUT2D eigenvalue weighted by Crippen LogP contribution is -2.57. The number of rotatable bonds is 5. The Labute approximate surface area is 195 Å². The molecule has 9 heteroatoms. The lowest BCUT2D eigenvalue weighted by Gasteiger charge is -2.39. The van der Waals surface area contributed by atoms with E-state index in [2.05, 4.69) is 4.90 Å². The molecular formula is C25H26F3N3O3. The van der Waals surface area contributed by atoms with Crippen LogP contribution in [0.2, 0.25) is 0 Å². The van der Waals surface area contributed by atoms with Crippen LogP contribution in [0.4, 0.5) is 13.2 Å². The summed E-state index contributed by atoms with van der Waals surface area (Å²) in [6.07, 6.45) is -4.36. The highest BCUT2D eigenvalue weighted by molar-refractivity contribution is 6.22. The molecule has 6 nitrogen and oxygen atoms in total. The van der Waals surface area contributed by atoms with Crippen LogP contribution in [0.15, 0.2) is 48.5 Å². The quantitative estimate of drug-likeness (QED) is 0.622. The van der Waals surface area contributed by atoms with Crippen LogP contribution < -0.4 is 0 Å². The zero-order valence-corrected chi connectivity index (χ0v) is 19.0. The van der Waals surface area contributed by atoms with Crippen molar-refractivity contribution in [3.8, 4) is 0 Å². The fourth-order valence-corrected chi connectivity index (χ4v) is 4.53. The first-order valence-electron chi connectivity index (χ1n) is 11.2. The summed E-state index contributed by atoms with van der Waals surface area (Å²) in [5.41, 5.74) is 0.707. The fourth-order valence-electron chi connectivity index (χ4n) is 4.53. The van der Waals surface area contributed by atoms with Gasteiger partial charge in [0.05, 0.1) is 16.7 Å². The summed E-state index contributed by atoms with van der Waals surface area (Å²) in [5.74, 6) is -1.43. The van der Waals surface area contributed by atoms with Crippen molar-refractivity contribution in [2.24, 2.45) is 5.92 Å². The third kappa shape index (κ3) is 4.57. The van der Waals surface area contributed by atoms with E-state index in [-0.39, 0.29) is 11.8 Å². The topological polar surface area (TPSA) is 60.9 Å². The highest BCUT2D eigenvalue weighted by Gasteiger charge is 2.45. The number of carbonyl (C=O) groups is 3. The van der Waals surface area contributed by atoms with Gasteiger partial charge in [0.15, 0.2) is 0 Å². The molecule has 1 fully saturated rings. The van der Waals surface area contributed by atoms with Crippen LogP contribution >= 0.6 is 0 Å². The van der Waals surface area contributed by atoms with Crippen LogP contribution in [0.25, 0.3) is 0 Å². The molecule has 1 saturated heterocycles. The van der Waals surface area contributed by atoms with Gasteiger partial charge in [0.1, 0.15) is 6.04 Å². The van der Waals surface area contributed by atoms with Gasteiger partial charge in [-0.25, -0.2) is 0 Å². The van der Waals surface area contributed by atoms with Gasteiger partial charge >= 0.3 is 6.18 Å². The number of imide groups is 1. The molecule has 0 saturated carbocycles. The first kappa shape index (κ1) is 23.9.